The summed E-state index contributed by atoms with van der Waals surface area (Å²) in [5.41, 5.74) is 0.376. The zero-order chi connectivity index (χ0) is 23.6. The molecule has 0 spiro atoms. The number of pyridine rings is 1. The molecule has 10 heteroatoms. The molecule has 33 heavy (non-hydrogen) atoms. The fraction of sp³-hybridized carbons (Fsp3) is 0.174. The fourth-order valence-electron chi connectivity index (χ4n) is 3.23. The Morgan fingerprint density at radius 3 is 2.30 bits per heavy atom. The van der Waals surface area contributed by atoms with Gasteiger partial charge in [-0.3, -0.25) is 14.7 Å². The lowest BCUT2D eigenvalue weighted by atomic mass is 10.1. The van der Waals surface area contributed by atoms with Crippen molar-refractivity contribution in [1.29, 1.82) is 0 Å². The molecule has 2 heterocycles. The van der Waals surface area contributed by atoms with Crippen molar-refractivity contribution in [3.8, 4) is 11.5 Å². The van der Waals surface area contributed by atoms with E-state index >= 15 is 0 Å². The van der Waals surface area contributed by atoms with Gasteiger partial charge in [0.1, 0.15) is 21.7 Å². The fourth-order valence-corrected chi connectivity index (χ4v) is 4.30. The Hall–Kier alpha value is -3.66. The van der Waals surface area contributed by atoms with Crippen LogP contribution in [0.1, 0.15) is 21.6 Å². The summed E-state index contributed by atoms with van der Waals surface area (Å²) < 4.78 is 50.4. The van der Waals surface area contributed by atoms with Gasteiger partial charge in [0.2, 0.25) is 0 Å². The molecule has 4 rings (SSSR count). The van der Waals surface area contributed by atoms with E-state index in [9.17, 15) is 18.0 Å². The van der Waals surface area contributed by atoms with Crippen LogP contribution in [0.25, 0.3) is 10.2 Å². The largest absolute Gasteiger partial charge is 0.495 e. The van der Waals surface area contributed by atoms with Crippen molar-refractivity contribution in [3.63, 3.8) is 0 Å². The first-order valence-corrected chi connectivity index (χ1v) is 10.5. The summed E-state index contributed by atoms with van der Waals surface area (Å²) in [6.07, 6.45) is -2.89. The van der Waals surface area contributed by atoms with E-state index in [-0.39, 0.29) is 12.1 Å². The quantitative estimate of drug-likeness (QED) is 0.366. The maximum Gasteiger partial charge on any atom is 0.416 e. The molecule has 1 amide bonds. The number of carbonyl (C=O) groups is 1. The van der Waals surface area contributed by atoms with Gasteiger partial charge in [-0.2, -0.15) is 13.2 Å². The van der Waals surface area contributed by atoms with Crippen LogP contribution in [0.5, 0.6) is 11.5 Å². The molecule has 6 nitrogen and oxygen atoms in total. The zero-order valence-electron chi connectivity index (χ0n) is 17.6. The number of benzene rings is 2. The maximum atomic E-state index is 13.4. The highest BCUT2D eigenvalue weighted by atomic mass is 32.1. The summed E-state index contributed by atoms with van der Waals surface area (Å²) in [6.45, 7) is 0.0746. The predicted octanol–water partition coefficient (Wildman–Crippen LogP) is 5.57. The summed E-state index contributed by atoms with van der Waals surface area (Å²) in [4.78, 5) is 23.7. The third-order valence-corrected chi connectivity index (χ3v) is 5.97. The van der Waals surface area contributed by atoms with Crippen molar-refractivity contribution >= 4 is 32.6 Å². The number of halogens is 3. The van der Waals surface area contributed by atoms with Gasteiger partial charge < -0.3 is 9.47 Å². The number of ether oxygens (including phenoxy) is 2. The molecule has 4 aromatic rings. The number of alkyl halides is 3. The van der Waals surface area contributed by atoms with Crippen molar-refractivity contribution < 1.29 is 27.4 Å². The van der Waals surface area contributed by atoms with E-state index in [1.165, 1.54) is 30.5 Å². The van der Waals surface area contributed by atoms with Crippen LogP contribution in [0.4, 0.5) is 18.3 Å². The minimum absolute atomic E-state index is 0.0746. The van der Waals surface area contributed by atoms with Gasteiger partial charge in [-0.1, -0.05) is 17.4 Å². The van der Waals surface area contributed by atoms with Gasteiger partial charge in [0, 0.05) is 11.8 Å². The van der Waals surface area contributed by atoms with E-state index in [4.69, 9.17) is 9.47 Å². The van der Waals surface area contributed by atoms with E-state index < -0.39 is 17.6 Å². The average Bonchev–Trinajstić information content (AvgIpc) is 3.27. The van der Waals surface area contributed by atoms with E-state index in [0.29, 0.717) is 32.5 Å². The Morgan fingerprint density at radius 1 is 1.00 bits per heavy atom. The highest BCUT2D eigenvalue weighted by molar-refractivity contribution is 7.22. The van der Waals surface area contributed by atoms with Crippen LogP contribution >= 0.6 is 11.3 Å². The SMILES string of the molecule is COc1ccc(OC)c2sc(N(Cc3ccccn3)C(=O)c3ccc(C(F)(F)F)cc3)nc12. The molecule has 0 N–H and O–H groups in total. The molecule has 2 aromatic heterocycles. The molecule has 170 valence electrons. The van der Waals surface area contributed by atoms with E-state index in [0.717, 1.165) is 24.3 Å². The van der Waals surface area contributed by atoms with Gasteiger partial charge >= 0.3 is 6.18 Å². The van der Waals surface area contributed by atoms with Gasteiger partial charge in [0.15, 0.2) is 5.13 Å². The summed E-state index contributed by atoms with van der Waals surface area (Å²) in [5, 5.41) is 0.336. The number of fused-ring (bicyclic) bond motifs is 1. The van der Waals surface area contributed by atoms with E-state index in [2.05, 4.69) is 9.97 Å². The number of methoxy groups -OCH3 is 2. The number of hydrogen-bond donors (Lipinski definition) is 0. The molecular formula is C23H18F3N3O3S. The molecule has 0 bridgehead atoms. The first kappa shape index (κ1) is 22.5. The second kappa shape index (κ2) is 9.07. The van der Waals surface area contributed by atoms with Crippen LogP contribution in [-0.2, 0) is 12.7 Å². The molecule has 0 saturated heterocycles. The first-order chi connectivity index (χ1) is 15.8. The normalized spacial score (nSPS) is 11.4. The Morgan fingerprint density at radius 2 is 1.70 bits per heavy atom. The average molecular weight is 473 g/mol. The number of carbonyl (C=O) groups excluding carboxylic acids is 1. The predicted molar refractivity (Wildman–Crippen MR) is 119 cm³/mol. The third kappa shape index (κ3) is 4.61. The van der Waals surface area contributed by atoms with Crippen LogP contribution in [-0.4, -0.2) is 30.1 Å². The van der Waals surface area contributed by atoms with Crippen molar-refractivity contribution in [2.75, 3.05) is 19.1 Å². The number of rotatable bonds is 6. The minimum Gasteiger partial charge on any atom is -0.495 e. The lowest BCUT2D eigenvalue weighted by Gasteiger charge is -2.20. The van der Waals surface area contributed by atoms with Crippen LogP contribution < -0.4 is 14.4 Å². The minimum atomic E-state index is -4.49. The van der Waals surface area contributed by atoms with Crippen molar-refractivity contribution in [2.24, 2.45) is 0 Å². The van der Waals surface area contributed by atoms with Crippen molar-refractivity contribution in [1.82, 2.24) is 9.97 Å². The smallest absolute Gasteiger partial charge is 0.416 e. The molecule has 0 aliphatic rings. The number of amides is 1. The highest BCUT2D eigenvalue weighted by Crippen LogP contribution is 2.40. The van der Waals surface area contributed by atoms with Gasteiger partial charge in [0.25, 0.3) is 5.91 Å². The zero-order valence-corrected chi connectivity index (χ0v) is 18.4. The van der Waals surface area contributed by atoms with Crippen molar-refractivity contribution in [2.45, 2.75) is 12.7 Å². The molecule has 0 saturated carbocycles. The van der Waals surface area contributed by atoms with Gasteiger partial charge in [-0.15, -0.1) is 0 Å². The molecule has 0 aliphatic carbocycles. The standard InChI is InChI=1S/C23H18F3N3O3S/c1-31-17-10-11-18(32-2)20-19(17)28-22(33-20)29(13-16-5-3-4-12-27-16)21(30)14-6-8-15(9-7-14)23(24,25)26/h3-12H,13H2,1-2H3. The monoisotopic (exact) mass is 473 g/mol. The molecule has 0 atom stereocenters. The maximum absolute atomic E-state index is 13.4. The molecule has 2 aromatic carbocycles. The Labute approximate surface area is 191 Å². The van der Waals surface area contributed by atoms with Crippen LogP contribution in [0.15, 0.2) is 60.8 Å². The van der Waals surface area contributed by atoms with Crippen LogP contribution in [0.2, 0.25) is 0 Å². The Kier molecular flexibility index (Phi) is 6.19. The van der Waals surface area contributed by atoms with E-state index in [1.54, 1.807) is 36.5 Å². The van der Waals surface area contributed by atoms with Crippen LogP contribution in [0, 0.1) is 0 Å². The summed E-state index contributed by atoms with van der Waals surface area (Å²) in [6, 6.07) is 12.8. The highest BCUT2D eigenvalue weighted by Gasteiger charge is 2.31. The second-order valence-electron chi connectivity index (χ2n) is 6.93. The van der Waals surface area contributed by atoms with Gasteiger partial charge in [-0.05, 0) is 48.5 Å². The number of nitrogens with zero attached hydrogens (tertiary/aromatic N) is 3. The second-order valence-corrected chi connectivity index (χ2v) is 7.91. The lowest BCUT2D eigenvalue weighted by Crippen LogP contribution is -2.30. The molecule has 0 fully saturated rings. The van der Waals surface area contributed by atoms with Crippen LogP contribution in [0.3, 0.4) is 0 Å². The molecule has 0 radical (unpaired) electrons. The molecule has 0 unspecified atom stereocenters. The van der Waals surface area contributed by atoms with Gasteiger partial charge in [0.05, 0.1) is 32.0 Å². The number of aromatic nitrogens is 2. The third-order valence-electron chi connectivity index (χ3n) is 4.88. The number of hydrogen-bond acceptors (Lipinski definition) is 6. The molecular weight excluding hydrogens is 455 g/mol. The van der Waals surface area contributed by atoms with Gasteiger partial charge in [-0.25, -0.2) is 4.98 Å². The topological polar surface area (TPSA) is 64.6 Å². The first-order valence-electron chi connectivity index (χ1n) is 9.72. The lowest BCUT2D eigenvalue weighted by molar-refractivity contribution is -0.137. The Balaban J connectivity index is 1.79. The Bertz CT molecular complexity index is 1230. The summed E-state index contributed by atoms with van der Waals surface area (Å²) >= 11 is 1.22. The molecule has 0 aliphatic heterocycles. The van der Waals surface area contributed by atoms with E-state index in [1.807, 2.05) is 0 Å². The summed E-state index contributed by atoms with van der Waals surface area (Å²) in [7, 11) is 3.04. The summed E-state index contributed by atoms with van der Waals surface area (Å²) in [5.74, 6) is 0.564. The number of anilines is 1. The number of thiazole rings is 1. The van der Waals surface area contributed by atoms with Crippen molar-refractivity contribution in [3.05, 3.63) is 77.6 Å².